The first-order chi connectivity index (χ1) is 9.44. The van der Waals surface area contributed by atoms with Gasteiger partial charge in [-0.05, 0) is 71.8 Å². The smallest absolute Gasteiger partial charge is 0.263 e. The minimum atomic E-state index is -3.55. The summed E-state index contributed by atoms with van der Waals surface area (Å²) in [6.45, 7) is 2.36. The van der Waals surface area contributed by atoms with Crippen LogP contribution in [0.3, 0.4) is 0 Å². The van der Waals surface area contributed by atoms with Gasteiger partial charge in [-0.1, -0.05) is 0 Å². The zero-order valence-corrected chi connectivity index (χ0v) is 14.9. The summed E-state index contributed by atoms with van der Waals surface area (Å²) in [6, 6.07) is 7.26. The predicted molar refractivity (Wildman–Crippen MR) is 91.8 cm³/mol. The summed E-state index contributed by atoms with van der Waals surface area (Å²) < 4.78 is 28.8. The van der Waals surface area contributed by atoms with Crippen LogP contribution in [0, 0.1) is 10.5 Å². The van der Waals surface area contributed by atoms with Crippen molar-refractivity contribution < 1.29 is 8.42 Å². The highest BCUT2D eigenvalue weighted by atomic mass is 127. The zero-order chi connectivity index (χ0) is 14.8. The molecule has 0 unspecified atom stereocenters. The van der Waals surface area contributed by atoms with Crippen LogP contribution in [0.25, 0.3) is 0 Å². The average Bonchev–Trinajstić information content (AvgIpc) is 2.74. The van der Waals surface area contributed by atoms with E-state index in [1.807, 2.05) is 24.4 Å². The molecule has 2 aromatic rings. The van der Waals surface area contributed by atoms with E-state index in [4.69, 9.17) is 0 Å². The van der Waals surface area contributed by atoms with Crippen molar-refractivity contribution in [2.24, 2.45) is 0 Å². The second kappa shape index (κ2) is 6.42. The topological polar surface area (TPSA) is 58.2 Å². The van der Waals surface area contributed by atoms with E-state index in [-0.39, 0.29) is 0 Å². The SMILES string of the molecule is CNCc1scc(C)c1S(=O)(=O)Nc1ccc(I)cc1. The van der Waals surface area contributed by atoms with Gasteiger partial charge in [0.05, 0.1) is 0 Å². The van der Waals surface area contributed by atoms with E-state index >= 15 is 0 Å². The molecule has 2 rings (SSSR count). The van der Waals surface area contributed by atoms with Gasteiger partial charge in [0.2, 0.25) is 0 Å². The van der Waals surface area contributed by atoms with Gasteiger partial charge in [0.15, 0.2) is 0 Å². The number of aryl methyl sites for hydroxylation is 1. The van der Waals surface area contributed by atoms with E-state index in [2.05, 4.69) is 32.6 Å². The van der Waals surface area contributed by atoms with Crippen LogP contribution < -0.4 is 10.0 Å². The van der Waals surface area contributed by atoms with Gasteiger partial charge in [-0.2, -0.15) is 0 Å². The molecule has 2 N–H and O–H groups in total. The van der Waals surface area contributed by atoms with Gasteiger partial charge in [-0.25, -0.2) is 8.42 Å². The summed E-state index contributed by atoms with van der Waals surface area (Å²) in [5, 5.41) is 4.87. The molecule has 0 saturated carbocycles. The fourth-order valence-electron chi connectivity index (χ4n) is 1.85. The Morgan fingerprint density at radius 2 is 1.90 bits per heavy atom. The van der Waals surface area contributed by atoms with E-state index in [0.29, 0.717) is 17.1 Å². The Kier molecular flexibility index (Phi) is 5.05. The van der Waals surface area contributed by atoms with E-state index in [1.165, 1.54) is 11.3 Å². The van der Waals surface area contributed by atoms with Crippen molar-refractivity contribution in [1.82, 2.24) is 5.32 Å². The highest BCUT2D eigenvalue weighted by Crippen LogP contribution is 2.28. The number of thiophene rings is 1. The Morgan fingerprint density at radius 3 is 2.50 bits per heavy atom. The molecule has 0 saturated heterocycles. The van der Waals surface area contributed by atoms with Crippen LogP contribution in [0.15, 0.2) is 34.5 Å². The van der Waals surface area contributed by atoms with E-state index < -0.39 is 10.0 Å². The standard InChI is InChI=1S/C13H15IN2O2S2/c1-9-8-19-12(7-15-2)13(9)20(17,18)16-11-5-3-10(14)4-6-11/h3-6,8,15-16H,7H2,1-2H3. The molecule has 7 heteroatoms. The van der Waals surface area contributed by atoms with Crippen LogP contribution >= 0.6 is 33.9 Å². The minimum Gasteiger partial charge on any atom is -0.315 e. The number of hydrogen-bond donors (Lipinski definition) is 2. The van der Waals surface area contributed by atoms with Crippen LogP contribution in [-0.2, 0) is 16.6 Å². The number of benzene rings is 1. The molecular formula is C13H15IN2O2S2. The van der Waals surface area contributed by atoms with Gasteiger partial charge in [0.1, 0.15) is 4.90 Å². The van der Waals surface area contributed by atoms with Crippen LogP contribution in [0.5, 0.6) is 0 Å². The predicted octanol–water partition coefficient (Wildman–Crippen LogP) is 3.18. The molecule has 0 spiro atoms. The lowest BCUT2D eigenvalue weighted by Gasteiger charge is -2.10. The maximum atomic E-state index is 12.5. The minimum absolute atomic E-state index is 0.385. The Morgan fingerprint density at radius 1 is 1.25 bits per heavy atom. The van der Waals surface area contributed by atoms with Gasteiger partial charge in [0, 0.05) is 20.7 Å². The van der Waals surface area contributed by atoms with Crippen molar-refractivity contribution in [2.45, 2.75) is 18.4 Å². The summed E-state index contributed by atoms with van der Waals surface area (Å²) in [5.41, 5.74) is 1.35. The number of halogens is 1. The number of rotatable bonds is 5. The summed E-state index contributed by atoms with van der Waals surface area (Å²) >= 11 is 3.64. The number of anilines is 1. The molecule has 0 bridgehead atoms. The number of hydrogen-bond acceptors (Lipinski definition) is 4. The van der Waals surface area contributed by atoms with Gasteiger partial charge in [0.25, 0.3) is 10.0 Å². The lowest BCUT2D eigenvalue weighted by atomic mass is 10.3. The molecule has 0 atom stereocenters. The fraction of sp³-hybridized carbons (Fsp3) is 0.231. The first kappa shape index (κ1) is 15.7. The molecule has 1 aromatic carbocycles. The second-order valence-corrected chi connectivity index (χ2v) is 8.14. The maximum absolute atomic E-state index is 12.5. The molecule has 1 heterocycles. The summed E-state index contributed by atoms with van der Waals surface area (Å²) in [7, 11) is -1.74. The van der Waals surface area contributed by atoms with Crippen LogP contribution in [0.4, 0.5) is 5.69 Å². The molecule has 0 aliphatic heterocycles. The third kappa shape index (κ3) is 3.51. The van der Waals surface area contributed by atoms with Crippen LogP contribution in [-0.4, -0.2) is 15.5 Å². The van der Waals surface area contributed by atoms with Crippen molar-refractivity contribution in [3.05, 3.63) is 43.7 Å². The molecule has 0 aliphatic carbocycles. The van der Waals surface area contributed by atoms with Crippen molar-refractivity contribution in [2.75, 3.05) is 11.8 Å². The van der Waals surface area contributed by atoms with Gasteiger partial charge >= 0.3 is 0 Å². The largest absolute Gasteiger partial charge is 0.315 e. The van der Waals surface area contributed by atoms with Gasteiger partial charge < -0.3 is 5.32 Å². The molecule has 0 aliphatic rings. The third-order valence-electron chi connectivity index (χ3n) is 2.69. The molecule has 108 valence electrons. The van der Waals surface area contributed by atoms with Gasteiger partial charge in [-0.15, -0.1) is 11.3 Å². The summed E-state index contributed by atoms with van der Waals surface area (Å²) in [6.07, 6.45) is 0. The Labute approximate surface area is 136 Å². The normalized spacial score (nSPS) is 11.6. The monoisotopic (exact) mass is 422 g/mol. The molecule has 1 aromatic heterocycles. The van der Waals surface area contributed by atoms with Crippen molar-refractivity contribution in [3.8, 4) is 0 Å². The highest BCUT2D eigenvalue weighted by Gasteiger charge is 2.22. The van der Waals surface area contributed by atoms with Crippen LogP contribution in [0.1, 0.15) is 10.4 Å². The van der Waals surface area contributed by atoms with Gasteiger partial charge in [-0.3, -0.25) is 4.72 Å². The lowest BCUT2D eigenvalue weighted by molar-refractivity contribution is 0.599. The Bertz CT molecular complexity index is 694. The quantitative estimate of drug-likeness (QED) is 0.728. The highest BCUT2D eigenvalue weighted by molar-refractivity contribution is 14.1. The number of sulfonamides is 1. The first-order valence-electron chi connectivity index (χ1n) is 5.94. The fourth-order valence-corrected chi connectivity index (χ4v) is 5.10. The molecule has 20 heavy (non-hydrogen) atoms. The average molecular weight is 422 g/mol. The van der Waals surface area contributed by atoms with E-state index in [9.17, 15) is 8.42 Å². The molecular weight excluding hydrogens is 407 g/mol. The Balaban J connectivity index is 2.35. The first-order valence-corrected chi connectivity index (χ1v) is 9.38. The van der Waals surface area contributed by atoms with Crippen molar-refractivity contribution in [3.63, 3.8) is 0 Å². The van der Waals surface area contributed by atoms with E-state index in [1.54, 1.807) is 19.2 Å². The van der Waals surface area contributed by atoms with Crippen molar-refractivity contribution >= 4 is 49.6 Å². The number of nitrogens with one attached hydrogen (secondary N) is 2. The lowest BCUT2D eigenvalue weighted by Crippen LogP contribution is -2.16. The summed E-state index contributed by atoms with van der Waals surface area (Å²) in [4.78, 5) is 1.21. The molecule has 0 amide bonds. The molecule has 0 fully saturated rings. The van der Waals surface area contributed by atoms with E-state index in [0.717, 1.165) is 14.0 Å². The van der Waals surface area contributed by atoms with Crippen molar-refractivity contribution in [1.29, 1.82) is 0 Å². The Hall–Kier alpha value is -0.640. The third-order valence-corrected chi connectivity index (χ3v) is 6.25. The molecule has 0 radical (unpaired) electrons. The molecule has 4 nitrogen and oxygen atoms in total. The maximum Gasteiger partial charge on any atom is 0.263 e. The second-order valence-electron chi connectivity index (χ2n) is 4.31. The van der Waals surface area contributed by atoms with Crippen LogP contribution in [0.2, 0.25) is 0 Å². The zero-order valence-electron chi connectivity index (χ0n) is 11.1. The summed E-state index contributed by atoms with van der Waals surface area (Å²) in [5.74, 6) is 0.